The summed E-state index contributed by atoms with van der Waals surface area (Å²) in [5.41, 5.74) is 10.4. The van der Waals surface area contributed by atoms with Gasteiger partial charge in [-0.3, -0.25) is 0 Å². The van der Waals surface area contributed by atoms with Crippen LogP contribution in [0.1, 0.15) is 0 Å². The van der Waals surface area contributed by atoms with Gasteiger partial charge in [0.05, 0.1) is 5.82 Å². The van der Waals surface area contributed by atoms with Crippen LogP contribution in [-0.2, 0) is 0 Å². The Morgan fingerprint density at radius 3 is 2.57 bits per heavy atom. The van der Waals surface area contributed by atoms with Crippen LogP contribution in [0, 0.1) is 0 Å². The lowest BCUT2D eigenvalue weighted by molar-refractivity contribution is 0.949. The monoisotopic (exact) mass is 101 g/mol. The maximum absolute atomic E-state index is 5.25. The molecule has 0 amide bonds. The minimum Gasteiger partial charge on any atom is -0.386 e. The zero-order valence-corrected chi connectivity index (χ0v) is 4.44. The fourth-order valence-corrected chi connectivity index (χ4v) is 0.229. The van der Waals surface area contributed by atoms with Crippen LogP contribution >= 0.6 is 0 Å². The van der Waals surface area contributed by atoms with E-state index >= 15 is 0 Å². The predicted octanol–water partition coefficient (Wildman–Crippen LogP) is -1.04. The molecule has 0 saturated heterocycles. The van der Waals surface area contributed by atoms with Gasteiger partial charge in [0, 0.05) is 13.6 Å². The second-order valence-electron chi connectivity index (χ2n) is 1.15. The first kappa shape index (κ1) is 6.30. The summed E-state index contributed by atoms with van der Waals surface area (Å²) in [6.45, 7) is 0.493. The summed E-state index contributed by atoms with van der Waals surface area (Å²) >= 11 is 0. The predicted molar refractivity (Wildman–Crippen MR) is 30.4 cm³/mol. The van der Waals surface area contributed by atoms with Gasteiger partial charge in [0.1, 0.15) is 0 Å². The summed E-state index contributed by atoms with van der Waals surface area (Å²) in [5.74, 6) is 0.627. The molecular formula is C4H11N3. The molecule has 0 saturated carbocycles. The highest BCUT2D eigenvalue weighted by atomic mass is 14.9. The van der Waals surface area contributed by atoms with Crippen molar-refractivity contribution in [1.82, 2.24) is 5.32 Å². The molecule has 0 bridgehead atoms. The summed E-state index contributed by atoms with van der Waals surface area (Å²) in [6, 6.07) is 0. The third-order valence-corrected chi connectivity index (χ3v) is 0.626. The van der Waals surface area contributed by atoms with E-state index in [0.717, 1.165) is 0 Å². The third kappa shape index (κ3) is 3.12. The highest BCUT2D eigenvalue weighted by Crippen LogP contribution is 1.67. The van der Waals surface area contributed by atoms with Crippen molar-refractivity contribution in [1.29, 1.82) is 0 Å². The van der Waals surface area contributed by atoms with Gasteiger partial charge in [-0.1, -0.05) is 0 Å². The van der Waals surface area contributed by atoms with E-state index in [4.69, 9.17) is 11.5 Å². The SMILES string of the molecule is CN/C(N)=C\CN. The lowest BCUT2D eigenvalue weighted by Gasteiger charge is -1.94. The van der Waals surface area contributed by atoms with Crippen LogP contribution in [0.5, 0.6) is 0 Å². The van der Waals surface area contributed by atoms with Crippen LogP contribution in [0.3, 0.4) is 0 Å². The molecule has 0 rings (SSSR count). The quantitative estimate of drug-likeness (QED) is 0.416. The van der Waals surface area contributed by atoms with E-state index in [1.54, 1.807) is 13.1 Å². The van der Waals surface area contributed by atoms with Crippen LogP contribution in [0.25, 0.3) is 0 Å². The third-order valence-electron chi connectivity index (χ3n) is 0.626. The van der Waals surface area contributed by atoms with E-state index in [2.05, 4.69) is 5.32 Å². The second-order valence-corrected chi connectivity index (χ2v) is 1.15. The minimum absolute atomic E-state index is 0.493. The Balaban J connectivity index is 3.29. The molecule has 0 heterocycles. The van der Waals surface area contributed by atoms with E-state index in [-0.39, 0.29) is 0 Å². The van der Waals surface area contributed by atoms with E-state index in [1.807, 2.05) is 0 Å². The topological polar surface area (TPSA) is 64.1 Å². The second kappa shape index (κ2) is 3.49. The number of rotatable bonds is 2. The molecule has 0 spiro atoms. The molecule has 0 aromatic heterocycles. The fraction of sp³-hybridized carbons (Fsp3) is 0.500. The lowest BCUT2D eigenvalue weighted by Crippen LogP contribution is -2.16. The molecule has 0 aliphatic rings. The Labute approximate surface area is 43.4 Å². The standard InChI is InChI=1S/C4H11N3/c1-7-4(6)2-3-5/h2,7H,3,5-6H2,1H3/b4-2-. The smallest absolute Gasteiger partial charge is 0.0929 e. The van der Waals surface area contributed by atoms with Crippen LogP contribution < -0.4 is 16.8 Å². The van der Waals surface area contributed by atoms with Gasteiger partial charge < -0.3 is 16.8 Å². The molecule has 0 atom stereocenters. The van der Waals surface area contributed by atoms with Crippen molar-refractivity contribution in [2.45, 2.75) is 0 Å². The molecule has 0 aliphatic carbocycles. The summed E-state index contributed by atoms with van der Waals surface area (Å²) in [7, 11) is 1.75. The number of nitrogens with two attached hydrogens (primary N) is 2. The zero-order chi connectivity index (χ0) is 5.70. The molecular weight excluding hydrogens is 90.1 g/mol. The molecule has 7 heavy (non-hydrogen) atoms. The number of nitrogens with one attached hydrogen (secondary N) is 1. The minimum atomic E-state index is 0.493. The largest absolute Gasteiger partial charge is 0.386 e. The van der Waals surface area contributed by atoms with Gasteiger partial charge in [0.25, 0.3) is 0 Å². The van der Waals surface area contributed by atoms with Gasteiger partial charge in [-0.25, -0.2) is 0 Å². The Kier molecular flexibility index (Phi) is 3.14. The van der Waals surface area contributed by atoms with E-state index in [0.29, 0.717) is 12.4 Å². The maximum atomic E-state index is 5.25. The van der Waals surface area contributed by atoms with Crippen molar-refractivity contribution in [3.63, 3.8) is 0 Å². The highest BCUT2D eigenvalue weighted by molar-refractivity contribution is 4.92. The van der Waals surface area contributed by atoms with Gasteiger partial charge >= 0.3 is 0 Å². The van der Waals surface area contributed by atoms with E-state index in [1.165, 1.54) is 0 Å². The molecule has 0 unspecified atom stereocenters. The first-order chi connectivity index (χ1) is 3.31. The van der Waals surface area contributed by atoms with Crippen LogP contribution in [0.2, 0.25) is 0 Å². The van der Waals surface area contributed by atoms with Crippen molar-refractivity contribution in [2.75, 3.05) is 13.6 Å². The summed E-state index contributed by atoms with van der Waals surface area (Å²) in [4.78, 5) is 0. The molecule has 5 N–H and O–H groups in total. The molecule has 0 fully saturated rings. The van der Waals surface area contributed by atoms with Gasteiger partial charge in [0.2, 0.25) is 0 Å². The molecule has 3 heteroatoms. The van der Waals surface area contributed by atoms with Gasteiger partial charge in [-0.05, 0) is 6.08 Å². The molecule has 0 aromatic carbocycles. The van der Waals surface area contributed by atoms with Crippen LogP contribution in [0.15, 0.2) is 11.9 Å². The van der Waals surface area contributed by atoms with E-state index < -0.39 is 0 Å². The Bertz CT molecular complexity index is 67.3. The lowest BCUT2D eigenvalue weighted by atomic mass is 10.5. The van der Waals surface area contributed by atoms with Crippen LogP contribution in [0.4, 0.5) is 0 Å². The molecule has 0 aromatic rings. The van der Waals surface area contributed by atoms with Crippen molar-refractivity contribution >= 4 is 0 Å². The average molecular weight is 101 g/mol. The first-order valence-electron chi connectivity index (χ1n) is 2.14. The molecule has 0 aliphatic heterocycles. The van der Waals surface area contributed by atoms with Crippen molar-refractivity contribution in [3.8, 4) is 0 Å². The molecule has 3 nitrogen and oxygen atoms in total. The summed E-state index contributed by atoms with van der Waals surface area (Å²) in [6.07, 6.45) is 1.71. The van der Waals surface area contributed by atoms with Crippen molar-refractivity contribution in [2.24, 2.45) is 11.5 Å². The first-order valence-corrected chi connectivity index (χ1v) is 2.14. The number of hydrogen-bond acceptors (Lipinski definition) is 3. The summed E-state index contributed by atoms with van der Waals surface area (Å²) in [5, 5.41) is 2.72. The van der Waals surface area contributed by atoms with E-state index in [9.17, 15) is 0 Å². The summed E-state index contributed by atoms with van der Waals surface area (Å²) < 4.78 is 0. The fourth-order valence-electron chi connectivity index (χ4n) is 0.229. The Morgan fingerprint density at radius 2 is 2.43 bits per heavy atom. The van der Waals surface area contributed by atoms with Gasteiger partial charge in [-0.2, -0.15) is 0 Å². The maximum Gasteiger partial charge on any atom is 0.0929 e. The Morgan fingerprint density at radius 1 is 1.86 bits per heavy atom. The highest BCUT2D eigenvalue weighted by Gasteiger charge is 1.74. The van der Waals surface area contributed by atoms with Crippen molar-refractivity contribution in [3.05, 3.63) is 11.9 Å². The Hall–Kier alpha value is -0.700. The van der Waals surface area contributed by atoms with Crippen molar-refractivity contribution < 1.29 is 0 Å². The van der Waals surface area contributed by atoms with Crippen LogP contribution in [-0.4, -0.2) is 13.6 Å². The molecule has 42 valence electrons. The number of hydrogen-bond donors (Lipinski definition) is 3. The normalized spacial score (nSPS) is 11.4. The van der Waals surface area contributed by atoms with Gasteiger partial charge in [0.15, 0.2) is 0 Å². The van der Waals surface area contributed by atoms with Gasteiger partial charge in [-0.15, -0.1) is 0 Å². The zero-order valence-electron chi connectivity index (χ0n) is 4.44. The molecule has 0 radical (unpaired) electrons. The average Bonchev–Trinajstić information content (AvgIpc) is 1.68.